The number of nitrogens with one attached hydrogen (secondary N) is 3. The summed E-state index contributed by atoms with van der Waals surface area (Å²) in [5.74, 6) is -0.545. The number of aromatic amines is 1. The molecule has 3 N–H and O–H groups in total. The van der Waals surface area contributed by atoms with Crippen LogP contribution >= 0.6 is 11.6 Å². The standard InChI is InChI=1S/C23H26ClN3O2/c1-2-3-8-13-25-23(29)21(27-22(28)18-10-4-6-11-19(18)24)14-16-15-26-20-12-7-5-9-17(16)20/h4-7,9-12,15,21,26H,2-3,8,13-14H2,1H3,(H,25,29)(H,27,28)/t21-/m1/s1. The smallest absolute Gasteiger partial charge is 0.253 e. The van der Waals surface area contributed by atoms with Gasteiger partial charge in [-0.25, -0.2) is 0 Å². The van der Waals surface area contributed by atoms with E-state index in [-0.39, 0.29) is 11.8 Å². The van der Waals surface area contributed by atoms with Crippen molar-refractivity contribution >= 4 is 34.3 Å². The number of halogens is 1. The zero-order valence-corrected chi connectivity index (χ0v) is 17.3. The van der Waals surface area contributed by atoms with E-state index in [1.807, 2.05) is 30.5 Å². The molecule has 0 bridgehead atoms. The quantitative estimate of drug-likeness (QED) is 0.454. The number of rotatable bonds is 9. The van der Waals surface area contributed by atoms with Gasteiger partial charge >= 0.3 is 0 Å². The molecule has 5 nitrogen and oxygen atoms in total. The van der Waals surface area contributed by atoms with Gasteiger partial charge in [0.05, 0.1) is 10.6 Å². The van der Waals surface area contributed by atoms with Gasteiger partial charge in [-0.15, -0.1) is 0 Å². The highest BCUT2D eigenvalue weighted by atomic mass is 35.5. The lowest BCUT2D eigenvalue weighted by atomic mass is 10.0. The first kappa shape index (κ1) is 20.9. The van der Waals surface area contributed by atoms with Crippen LogP contribution in [0.25, 0.3) is 10.9 Å². The normalized spacial score (nSPS) is 11.9. The summed E-state index contributed by atoms with van der Waals surface area (Å²) in [6.07, 6.45) is 5.33. The lowest BCUT2D eigenvalue weighted by Crippen LogP contribution is -2.48. The molecule has 2 aromatic carbocycles. The zero-order chi connectivity index (χ0) is 20.6. The molecule has 2 amide bonds. The van der Waals surface area contributed by atoms with Crippen molar-refractivity contribution in [1.82, 2.24) is 15.6 Å². The van der Waals surface area contributed by atoms with Gasteiger partial charge in [0.15, 0.2) is 0 Å². The Morgan fingerprint density at radius 3 is 2.62 bits per heavy atom. The fourth-order valence-electron chi connectivity index (χ4n) is 3.32. The van der Waals surface area contributed by atoms with Crippen molar-refractivity contribution in [1.29, 1.82) is 0 Å². The van der Waals surface area contributed by atoms with Crippen molar-refractivity contribution in [3.05, 3.63) is 70.9 Å². The van der Waals surface area contributed by atoms with Crippen LogP contribution in [-0.4, -0.2) is 29.4 Å². The molecule has 0 fully saturated rings. The molecule has 0 aliphatic carbocycles. The number of fused-ring (bicyclic) bond motifs is 1. The van der Waals surface area contributed by atoms with E-state index in [2.05, 4.69) is 22.5 Å². The van der Waals surface area contributed by atoms with Gasteiger partial charge < -0.3 is 15.6 Å². The highest BCUT2D eigenvalue weighted by Gasteiger charge is 2.23. The molecule has 3 aromatic rings. The summed E-state index contributed by atoms with van der Waals surface area (Å²) in [7, 11) is 0. The predicted molar refractivity (Wildman–Crippen MR) is 117 cm³/mol. The van der Waals surface area contributed by atoms with E-state index in [1.165, 1.54) is 0 Å². The molecule has 3 rings (SSSR count). The van der Waals surface area contributed by atoms with Crippen molar-refractivity contribution in [3.63, 3.8) is 0 Å². The lowest BCUT2D eigenvalue weighted by molar-refractivity contribution is -0.122. The van der Waals surface area contributed by atoms with Crippen molar-refractivity contribution in [2.45, 2.75) is 38.6 Å². The summed E-state index contributed by atoms with van der Waals surface area (Å²) < 4.78 is 0. The number of H-pyrrole nitrogens is 1. The largest absolute Gasteiger partial charge is 0.361 e. The minimum absolute atomic E-state index is 0.188. The summed E-state index contributed by atoms with van der Waals surface area (Å²) in [4.78, 5) is 28.8. The summed E-state index contributed by atoms with van der Waals surface area (Å²) in [5.41, 5.74) is 2.34. The third kappa shape index (κ3) is 5.39. The van der Waals surface area contributed by atoms with Crippen LogP contribution in [0.3, 0.4) is 0 Å². The number of para-hydroxylation sites is 1. The molecule has 0 saturated heterocycles. The first-order valence-corrected chi connectivity index (χ1v) is 10.4. The van der Waals surface area contributed by atoms with Gasteiger partial charge in [0.25, 0.3) is 5.91 Å². The number of benzene rings is 2. The third-order valence-electron chi connectivity index (χ3n) is 4.92. The maximum absolute atomic E-state index is 12.9. The van der Waals surface area contributed by atoms with Gasteiger partial charge in [0.1, 0.15) is 6.04 Å². The number of unbranched alkanes of at least 4 members (excludes halogenated alkanes) is 2. The van der Waals surface area contributed by atoms with Crippen LogP contribution in [0.5, 0.6) is 0 Å². The van der Waals surface area contributed by atoms with Crippen molar-refractivity contribution in [3.8, 4) is 0 Å². The molecule has 0 radical (unpaired) electrons. The topological polar surface area (TPSA) is 74.0 Å². The fraction of sp³-hybridized carbons (Fsp3) is 0.304. The Bertz CT molecular complexity index is 983. The number of aromatic nitrogens is 1. The van der Waals surface area contributed by atoms with Crippen LogP contribution in [0, 0.1) is 0 Å². The second-order valence-electron chi connectivity index (χ2n) is 7.07. The van der Waals surface area contributed by atoms with Crippen LogP contribution in [0.15, 0.2) is 54.7 Å². The van der Waals surface area contributed by atoms with Crippen LogP contribution < -0.4 is 10.6 Å². The lowest BCUT2D eigenvalue weighted by Gasteiger charge is -2.19. The minimum atomic E-state index is -0.695. The van der Waals surface area contributed by atoms with Crippen molar-refractivity contribution in [2.24, 2.45) is 0 Å². The number of hydrogen-bond donors (Lipinski definition) is 3. The minimum Gasteiger partial charge on any atom is -0.361 e. The highest BCUT2D eigenvalue weighted by molar-refractivity contribution is 6.33. The SMILES string of the molecule is CCCCCNC(=O)[C@@H](Cc1c[nH]c2ccccc12)NC(=O)c1ccccc1Cl. The van der Waals surface area contributed by atoms with E-state index in [1.54, 1.807) is 24.3 Å². The van der Waals surface area contributed by atoms with Gasteiger partial charge in [-0.05, 0) is 30.2 Å². The Hall–Kier alpha value is -2.79. The van der Waals surface area contributed by atoms with Crippen LogP contribution in [0.4, 0.5) is 0 Å². The molecule has 6 heteroatoms. The first-order valence-electron chi connectivity index (χ1n) is 9.98. The van der Waals surface area contributed by atoms with Crippen LogP contribution in [0.2, 0.25) is 5.02 Å². The number of carbonyl (C=O) groups excluding carboxylic acids is 2. The second kappa shape index (κ2) is 10.1. The molecular formula is C23H26ClN3O2. The fourth-order valence-corrected chi connectivity index (χ4v) is 3.54. The predicted octanol–water partition coefficient (Wildman–Crippen LogP) is 4.47. The molecule has 1 heterocycles. The van der Waals surface area contributed by atoms with Gasteiger partial charge in [0.2, 0.25) is 5.91 Å². The van der Waals surface area contributed by atoms with E-state index < -0.39 is 6.04 Å². The van der Waals surface area contributed by atoms with E-state index >= 15 is 0 Å². The van der Waals surface area contributed by atoms with E-state index in [0.29, 0.717) is 23.6 Å². The second-order valence-corrected chi connectivity index (χ2v) is 7.47. The maximum atomic E-state index is 12.9. The van der Waals surface area contributed by atoms with Crippen molar-refractivity contribution in [2.75, 3.05) is 6.54 Å². The van der Waals surface area contributed by atoms with E-state index in [4.69, 9.17) is 11.6 Å². The average Bonchev–Trinajstić information content (AvgIpc) is 3.14. The molecule has 0 aliphatic rings. The van der Waals surface area contributed by atoms with Gasteiger partial charge in [-0.1, -0.05) is 61.7 Å². The van der Waals surface area contributed by atoms with E-state index in [9.17, 15) is 9.59 Å². The Morgan fingerprint density at radius 1 is 1.07 bits per heavy atom. The molecule has 29 heavy (non-hydrogen) atoms. The van der Waals surface area contributed by atoms with Crippen LogP contribution in [-0.2, 0) is 11.2 Å². The molecule has 152 valence electrons. The summed E-state index contributed by atoms with van der Waals surface area (Å²) in [6.45, 7) is 2.71. The summed E-state index contributed by atoms with van der Waals surface area (Å²) in [5, 5.41) is 7.23. The summed E-state index contributed by atoms with van der Waals surface area (Å²) >= 11 is 6.15. The number of hydrogen-bond acceptors (Lipinski definition) is 2. The van der Waals surface area contributed by atoms with Gasteiger partial charge in [-0.3, -0.25) is 9.59 Å². The molecule has 0 aliphatic heterocycles. The first-order chi connectivity index (χ1) is 14.1. The Morgan fingerprint density at radius 2 is 1.83 bits per heavy atom. The third-order valence-corrected chi connectivity index (χ3v) is 5.25. The molecule has 1 atom stereocenters. The maximum Gasteiger partial charge on any atom is 0.253 e. The Labute approximate surface area is 175 Å². The monoisotopic (exact) mass is 411 g/mol. The Balaban J connectivity index is 1.78. The average molecular weight is 412 g/mol. The Kier molecular flexibility index (Phi) is 7.30. The number of amides is 2. The molecule has 0 unspecified atom stereocenters. The van der Waals surface area contributed by atoms with Gasteiger partial charge in [0, 0.05) is 30.1 Å². The zero-order valence-electron chi connectivity index (χ0n) is 16.5. The van der Waals surface area contributed by atoms with Gasteiger partial charge in [-0.2, -0.15) is 0 Å². The molecule has 0 spiro atoms. The van der Waals surface area contributed by atoms with Crippen molar-refractivity contribution < 1.29 is 9.59 Å². The molecule has 1 aromatic heterocycles. The molecular weight excluding hydrogens is 386 g/mol. The highest BCUT2D eigenvalue weighted by Crippen LogP contribution is 2.20. The summed E-state index contributed by atoms with van der Waals surface area (Å²) in [6, 6.07) is 14.0. The number of carbonyl (C=O) groups is 2. The van der Waals surface area contributed by atoms with E-state index in [0.717, 1.165) is 35.7 Å². The van der Waals surface area contributed by atoms with Crippen LogP contribution in [0.1, 0.15) is 42.1 Å². The molecule has 0 saturated carbocycles.